The highest BCUT2D eigenvalue weighted by Crippen LogP contribution is 2.27. The number of pyridine rings is 1. The lowest BCUT2D eigenvalue weighted by atomic mass is 10.2. The molecule has 2 N–H and O–H groups in total. The van der Waals surface area contributed by atoms with Crippen LogP contribution >= 0.6 is 0 Å². The van der Waals surface area contributed by atoms with E-state index in [1.165, 1.54) is 6.20 Å². The molecule has 1 aromatic carbocycles. The maximum absolute atomic E-state index is 10.8. The van der Waals surface area contributed by atoms with Crippen molar-refractivity contribution in [2.45, 2.75) is 0 Å². The Morgan fingerprint density at radius 1 is 1.10 bits per heavy atom. The van der Waals surface area contributed by atoms with Gasteiger partial charge in [-0.05, 0) is 11.8 Å². The standard InChI is InChI=1S/C6H4N2O5.C5H5NO/c9-6-2-1-4(7(10)11)3-5(6)8(12)13;7-5-2-1-3-6-4-5/h1-3,9H;1-4,7H. The van der Waals surface area contributed by atoms with Gasteiger partial charge in [-0.25, -0.2) is 4.98 Å². The van der Waals surface area contributed by atoms with Gasteiger partial charge < -0.3 is 10.2 Å². The quantitative estimate of drug-likeness (QED) is 0.635. The van der Waals surface area contributed by atoms with Gasteiger partial charge in [0.25, 0.3) is 11.4 Å². The van der Waals surface area contributed by atoms with Crippen LogP contribution in [0.1, 0.15) is 0 Å². The van der Waals surface area contributed by atoms with Crippen molar-refractivity contribution in [2.24, 2.45) is 0 Å². The molecule has 0 aliphatic heterocycles. The molecule has 0 amide bonds. The largest absolute Gasteiger partial charge is 0.868 e. The average Bonchev–Trinajstić information content (AvgIpc) is 2.40. The van der Waals surface area contributed by atoms with Crippen LogP contribution in [0.4, 0.5) is 11.4 Å². The van der Waals surface area contributed by atoms with Crippen LogP contribution < -0.4 is 10.1 Å². The highest BCUT2D eigenvalue weighted by atomic mass is 16.6. The molecule has 0 aliphatic rings. The predicted molar refractivity (Wildman–Crippen MR) is 63.9 cm³/mol. The second-order valence-corrected chi connectivity index (χ2v) is 3.43. The van der Waals surface area contributed by atoms with Crippen LogP contribution in [0.25, 0.3) is 0 Å². The summed E-state index contributed by atoms with van der Waals surface area (Å²) in [4.78, 5) is 21.3. The molecule has 0 atom stereocenters. The number of hydrogen-bond acceptors (Lipinski definition) is 6. The molecule has 0 saturated carbocycles. The number of benzene rings is 1. The van der Waals surface area contributed by atoms with E-state index < -0.39 is 27.0 Å². The van der Waals surface area contributed by atoms with Gasteiger partial charge in [0.1, 0.15) is 0 Å². The van der Waals surface area contributed by atoms with Crippen LogP contribution in [0.2, 0.25) is 0 Å². The minimum Gasteiger partial charge on any atom is -0.868 e. The van der Waals surface area contributed by atoms with Crippen molar-refractivity contribution in [1.82, 2.24) is 0 Å². The van der Waals surface area contributed by atoms with Crippen LogP contribution in [0.5, 0.6) is 11.5 Å². The fourth-order valence-electron chi connectivity index (χ4n) is 1.15. The lowest BCUT2D eigenvalue weighted by molar-refractivity contribution is -0.403. The van der Waals surface area contributed by atoms with Crippen molar-refractivity contribution in [3.63, 3.8) is 0 Å². The molecule has 9 nitrogen and oxygen atoms in total. The summed E-state index contributed by atoms with van der Waals surface area (Å²) in [7, 11) is 0. The van der Waals surface area contributed by atoms with Crippen LogP contribution in [0, 0.1) is 20.2 Å². The normalized spacial score (nSPS) is 9.20. The molecular formula is C11H9N3O6. The second kappa shape index (κ2) is 6.64. The zero-order valence-corrected chi connectivity index (χ0v) is 9.92. The monoisotopic (exact) mass is 279 g/mol. The number of aromatic amines is 1. The smallest absolute Gasteiger partial charge is 0.276 e. The van der Waals surface area contributed by atoms with Gasteiger partial charge in [0.2, 0.25) is 6.20 Å². The summed E-state index contributed by atoms with van der Waals surface area (Å²) in [5, 5.41) is 39.7. The number of nitrogens with zero attached hydrogens (tertiary/aromatic N) is 2. The van der Waals surface area contributed by atoms with Crippen molar-refractivity contribution in [3.8, 4) is 11.5 Å². The Hall–Kier alpha value is -3.23. The third-order valence-electron chi connectivity index (χ3n) is 2.04. The van der Waals surface area contributed by atoms with Gasteiger partial charge in [0.15, 0.2) is 11.9 Å². The molecule has 2 rings (SSSR count). The van der Waals surface area contributed by atoms with Gasteiger partial charge in [-0.1, -0.05) is 6.07 Å². The molecule has 1 aromatic heterocycles. The van der Waals surface area contributed by atoms with Gasteiger partial charge in [-0.15, -0.1) is 0 Å². The van der Waals surface area contributed by atoms with Gasteiger partial charge >= 0.3 is 0 Å². The highest BCUT2D eigenvalue weighted by Gasteiger charge is 2.13. The third kappa shape index (κ3) is 4.22. The number of nitro benzene ring substituents is 2. The second-order valence-electron chi connectivity index (χ2n) is 3.43. The van der Waals surface area contributed by atoms with E-state index in [1.807, 2.05) is 0 Å². The van der Waals surface area contributed by atoms with E-state index in [0.29, 0.717) is 6.07 Å². The molecule has 0 radical (unpaired) electrons. The van der Waals surface area contributed by atoms with Crippen LogP contribution in [-0.4, -0.2) is 15.0 Å². The number of aromatic nitrogens is 1. The first-order valence-electron chi connectivity index (χ1n) is 5.16. The first kappa shape index (κ1) is 14.8. The fraction of sp³-hybridized carbons (Fsp3) is 0. The molecule has 1 heterocycles. The van der Waals surface area contributed by atoms with E-state index in [2.05, 4.69) is 4.98 Å². The van der Waals surface area contributed by atoms with Crippen LogP contribution in [-0.2, 0) is 0 Å². The molecule has 0 spiro atoms. The molecule has 0 saturated heterocycles. The zero-order chi connectivity index (χ0) is 15.1. The van der Waals surface area contributed by atoms with Crippen molar-refractivity contribution >= 4 is 11.4 Å². The molecule has 0 bridgehead atoms. The Balaban J connectivity index is 0.000000240. The molecular weight excluding hydrogens is 270 g/mol. The lowest BCUT2D eigenvalue weighted by Crippen LogP contribution is -1.98. The zero-order valence-electron chi connectivity index (χ0n) is 9.92. The number of aromatic hydroxyl groups is 1. The topological polar surface area (TPSA) is 144 Å². The fourth-order valence-corrected chi connectivity index (χ4v) is 1.15. The van der Waals surface area contributed by atoms with Crippen molar-refractivity contribution in [1.29, 1.82) is 0 Å². The molecule has 0 aliphatic carbocycles. The van der Waals surface area contributed by atoms with Crippen LogP contribution in [0.15, 0.2) is 42.7 Å². The van der Waals surface area contributed by atoms with Gasteiger partial charge in [0, 0.05) is 12.1 Å². The van der Waals surface area contributed by atoms with Gasteiger partial charge in [0.05, 0.1) is 15.9 Å². The first-order chi connectivity index (χ1) is 9.41. The molecule has 20 heavy (non-hydrogen) atoms. The number of non-ortho nitro benzene ring substituents is 1. The molecule has 2 aromatic rings. The van der Waals surface area contributed by atoms with E-state index in [0.717, 1.165) is 12.1 Å². The number of hydrogen-bond donors (Lipinski definition) is 1. The third-order valence-corrected chi connectivity index (χ3v) is 2.04. The Bertz CT molecular complexity index is 617. The van der Waals surface area contributed by atoms with E-state index in [9.17, 15) is 25.3 Å². The maximum atomic E-state index is 10.8. The minimum atomic E-state index is -0.949. The van der Waals surface area contributed by atoms with Crippen molar-refractivity contribution in [2.75, 3.05) is 0 Å². The minimum absolute atomic E-state index is 0.266. The van der Waals surface area contributed by atoms with E-state index in [4.69, 9.17) is 5.11 Å². The molecule has 0 fully saturated rings. The summed E-state index contributed by atoms with van der Waals surface area (Å²) >= 11 is 0. The summed E-state index contributed by atoms with van der Waals surface area (Å²) in [6.07, 6.45) is 3.25. The van der Waals surface area contributed by atoms with E-state index in [-0.39, 0.29) is 5.75 Å². The Labute approximate surface area is 112 Å². The lowest BCUT2D eigenvalue weighted by Gasteiger charge is -2.03. The maximum Gasteiger partial charge on any atom is 0.276 e. The van der Waals surface area contributed by atoms with Crippen molar-refractivity contribution < 1.29 is 25.0 Å². The van der Waals surface area contributed by atoms with Gasteiger partial charge in [-0.3, -0.25) is 20.2 Å². The SMILES string of the molecule is O=[N+]([O-])c1ccc([O-])c([N+](=O)[O-])c1.Oc1ccc[nH+]c1. The summed E-state index contributed by atoms with van der Waals surface area (Å²) in [6.45, 7) is 0. The Morgan fingerprint density at radius 2 is 1.80 bits per heavy atom. The van der Waals surface area contributed by atoms with Gasteiger partial charge in [-0.2, -0.15) is 0 Å². The predicted octanol–water partition coefficient (Wildman–Crippen LogP) is 0.783. The Kier molecular flexibility index (Phi) is 4.92. The number of rotatable bonds is 2. The summed E-state index contributed by atoms with van der Waals surface area (Å²) < 4.78 is 0. The first-order valence-corrected chi connectivity index (χ1v) is 5.16. The average molecular weight is 279 g/mol. The summed E-state index contributed by atoms with van der Waals surface area (Å²) in [5.41, 5.74) is -1.25. The molecule has 0 unspecified atom stereocenters. The Morgan fingerprint density at radius 3 is 2.20 bits per heavy atom. The molecule has 9 heteroatoms. The van der Waals surface area contributed by atoms with E-state index >= 15 is 0 Å². The number of nitrogens with one attached hydrogen (secondary N) is 1. The highest BCUT2D eigenvalue weighted by molar-refractivity contribution is 5.51. The van der Waals surface area contributed by atoms with E-state index in [1.54, 1.807) is 18.3 Å². The summed E-state index contributed by atoms with van der Waals surface area (Å²) in [5.74, 6) is -0.571. The van der Waals surface area contributed by atoms with Crippen LogP contribution in [0.3, 0.4) is 0 Å². The number of nitro groups is 2. The van der Waals surface area contributed by atoms with Crippen molar-refractivity contribution in [3.05, 3.63) is 63.0 Å². The molecule has 104 valence electrons. The number of H-pyrrole nitrogens is 1. The summed E-state index contributed by atoms with van der Waals surface area (Å²) in [6, 6.07) is 5.71.